The van der Waals surface area contributed by atoms with Crippen LogP contribution in [0.4, 0.5) is 4.79 Å². The number of benzene rings is 2. The van der Waals surface area contributed by atoms with Crippen LogP contribution in [0.15, 0.2) is 59.3 Å². The number of hydrogen-bond acceptors (Lipinski definition) is 6. The number of rotatable bonds is 9. The third kappa shape index (κ3) is 5.09. The van der Waals surface area contributed by atoms with E-state index in [2.05, 4.69) is 39.9 Å². The van der Waals surface area contributed by atoms with Crippen molar-refractivity contribution in [3.8, 4) is 11.1 Å². The first-order valence-electron chi connectivity index (χ1n) is 11.0. The molecule has 1 aliphatic carbocycles. The summed E-state index contributed by atoms with van der Waals surface area (Å²) >= 11 is 0. The number of carbonyl (C=O) groups excluding carboxylic acids is 2. The van der Waals surface area contributed by atoms with Crippen LogP contribution in [-0.2, 0) is 16.1 Å². The molecular weight excluding hydrogens is 438 g/mol. The SMILES string of the molecule is CC(CCC(=O)NCc1ocnc1C(=O)O)NC(=O)OCC1c2ccccc2-c2ccccc21. The summed E-state index contributed by atoms with van der Waals surface area (Å²) in [4.78, 5) is 39.0. The number of carboxylic acids is 1. The second kappa shape index (κ2) is 10.2. The monoisotopic (exact) mass is 463 g/mol. The molecule has 4 rings (SSSR count). The van der Waals surface area contributed by atoms with Gasteiger partial charge in [0.15, 0.2) is 17.8 Å². The van der Waals surface area contributed by atoms with Crippen molar-refractivity contribution >= 4 is 18.0 Å². The zero-order chi connectivity index (χ0) is 24.1. The Balaban J connectivity index is 1.22. The Morgan fingerprint density at radius 1 is 1.09 bits per heavy atom. The third-order valence-corrected chi connectivity index (χ3v) is 5.80. The van der Waals surface area contributed by atoms with Crippen LogP contribution in [0.3, 0.4) is 0 Å². The van der Waals surface area contributed by atoms with Gasteiger partial charge in [0.05, 0.1) is 6.54 Å². The maximum atomic E-state index is 12.4. The molecular formula is C25H25N3O6. The van der Waals surface area contributed by atoms with Gasteiger partial charge < -0.3 is 24.9 Å². The average molecular weight is 463 g/mol. The number of fused-ring (bicyclic) bond motifs is 3. The standard InChI is InChI=1S/C25H25N3O6/c1-15(10-11-22(29)26-12-21-23(24(30)31)27-14-34-21)28-25(32)33-13-20-18-8-4-2-6-16(18)17-7-3-5-9-19(17)20/h2-9,14-15,20H,10-13H2,1H3,(H,26,29)(H,28,32)(H,30,31). The largest absolute Gasteiger partial charge is 0.476 e. The second-order valence-corrected chi connectivity index (χ2v) is 8.12. The fourth-order valence-electron chi connectivity index (χ4n) is 4.10. The first kappa shape index (κ1) is 23.0. The van der Waals surface area contributed by atoms with Gasteiger partial charge in [-0.25, -0.2) is 14.6 Å². The number of nitrogens with zero attached hydrogens (tertiary/aromatic N) is 1. The number of carboxylic acid groups (broad SMARTS) is 1. The molecule has 0 spiro atoms. The molecule has 0 radical (unpaired) electrons. The Morgan fingerprint density at radius 3 is 2.38 bits per heavy atom. The Labute approximate surface area is 196 Å². The Morgan fingerprint density at radius 2 is 1.74 bits per heavy atom. The first-order valence-corrected chi connectivity index (χ1v) is 11.0. The van der Waals surface area contributed by atoms with Crippen LogP contribution in [0.5, 0.6) is 0 Å². The van der Waals surface area contributed by atoms with Crippen LogP contribution < -0.4 is 10.6 Å². The van der Waals surface area contributed by atoms with E-state index in [-0.39, 0.29) is 48.9 Å². The number of ether oxygens (including phenoxy) is 1. The van der Waals surface area contributed by atoms with Crippen LogP contribution in [0.2, 0.25) is 0 Å². The third-order valence-electron chi connectivity index (χ3n) is 5.80. The smallest absolute Gasteiger partial charge is 0.407 e. The molecule has 2 amide bonds. The molecule has 3 aromatic rings. The summed E-state index contributed by atoms with van der Waals surface area (Å²) in [6.45, 7) is 1.93. The number of nitrogens with one attached hydrogen (secondary N) is 2. The van der Waals surface area contributed by atoms with E-state index in [1.54, 1.807) is 6.92 Å². The molecule has 1 aliphatic rings. The predicted octanol–water partition coefficient (Wildman–Crippen LogP) is 3.70. The van der Waals surface area contributed by atoms with Gasteiger partial charge in [0.1, 0.15) is 6.61 Å². The second-order valence-electron chi connectivity index (χ2n) is 8.12. The van der Waals surface area contributed by atoms with Crippen molar-refractivity contribution in [1.29, 1.82) is 0 Å². The topological polar surface area (TPSA) is 131 Å². The Bertz CT molecular complexity index is 1160. The summed E-state index contributed by atoms with van der Waals surface area (Å²) in [6.07, 6.45) is 1.01. The number of amides is 2. The van der Waals surface area contributed by atoms with Crippen LogP contribution >= 0.6 is 0 Å². The van der Waals surface area contributed by atoms with E-state index >= 15 is 0 Å². The molecule has 9 heteroatoms. The number of alkyl carbamates (subject to hydrolysis) is 1. The fourth-order valence-corrected chi connectivity index (χ4v) is 4.10. The van der Waals surface area contributed by atoms with E-state index in [0.717, 1.165) is 28.6 Å². The van der Waals surface area contributed by atoms with Crippen LogP contribution in [-0.4, -0.2) is 40.7 Å². The molecule has 34 heavy (non-hydrogen) atoms. The summed E-state index contributed by atoms with van der Waals surface area (Å²) < 4.78 is 10.5. The summed E-state index contributed by atoms with van der Waals surface area (Å²) in [5.41, 5.74) is 4.36. The van der Waals surface area contributed by atoms with Gasteiger partial charge in [0, 0.05) is 18.4 Å². The van der Waals surface area contributed by atoms with E-state index in [4.69, 9.17) is 14.3 Å². The van der Waals surface area contributed by atoms with Gasteiger partial charge in [-0.3, -0.25) is 4.79 Å². The van der Waals surface area contributed by atoms with Crippen molar-refractivity contribution in [2.24, 2.45) is 0 Å². The summed E-state index contributed by atoms with van der Waals surface area (Å²) in [7, 11) is 0. The minimum absolute atomic E-state index is 0.0222. The van der Waals surface area contributed by atoms with Gasteiger partial charge in [-0.15, -0.1) is 0 Å². The molecule has 0 saturated heterocycles. The highest BCUT2D eigenvalue weighted by Crippen LogP contribution is 2.44. The van der Waals surface area contributed by atoms with Gasteiger partial charge in [0.25, 0.3) is 0 Å². The Hall–Kier alpha value is -4.14. The summed E-state index contributed by atoms with van der Waals surface area (Å²) in [5.74, 6) is -1.47. The highest BCUT2D eigenvalue weighted by molar-refractivity contribution is 5.86. The van der Waals surface area contributed by atoms with E-state index < -0.39 is 12.1 Å². The number of carbonyl (C=O) groups is 3. The predicted molar refractivity (Wildman–Crippen MR) is 122 cm³/mol. The average Bonchev–Trinajstić information content (AvgIpc) is 3.43. The minimum atomic E-state index is -1.22. The molecule has 3 N–H and O–H groups in total. The molecule has 0 bridgehead atoms. The highest BCUT2D eigenvalue weighted by Gasteiger charge is 2.29. The van der Waals surface area contributed by atoms with Gasteiger partial charge >= 0.3 is 12.1 Å². The normalized spacial score (nSPS) is 13.0. The van der Waals surface area contributed by atoms with Gasteiger partial charge in [-0.1, -0.05) is 48.5 Å². The van der Waals surface area contributed by atoms with Crippen molar-refractivity contribution in [3.05, 3.63) is 77.5 Å². The number of oxazole rings is 1. The number of aromatic carboxylic acids is 1. The van der Waals surface area contributed by atoms with Crippen LogP contribution in [0.25, 0.3) is 11.1 Å². The minimum Gasteiger partial charge on any atom is -0.476 e. The highest BCUT2D eigenvalue weighted by atomic mass is 16.5. The van der Waals surface area contributed by atoms with Gasteiger partial charge in [-0.05, 0) is 35.6 Å². The van der Waals surface area contributed by atoms with Crippen molar-refractivity contribution in [2.45, 2.75) is 38.3 Å². The van der Waals surface area contributed by atoms with Crippen LogP contribution in [0, 0.1) is 0 Å². The van der Waals surface area contributed by atoms with Crippen molar-refractivity contribution in [2.75, 3.05) is 6.61 Å². The molecule has 0 fully saturated rings. The van der Waals surface area contributed by atoms with Crippen molar-refractivity contribution in [3.63, 3.8) is 0 Å². The lowest BCUT2D eigenvalue weighted by Crippen LogP contribution is -2.35. The summed E-state index contributed by atoms with van der Waals surface area (Å²) in [6, 6.07) is 15.9. The quantitative estimate of drug-likeness (QED) is 0.441. The van der Waals surface area contributed by atoms with Crippen molar-refractivity contribution < 1.29 is 28.6 Å². The molecule has 9 nitrogen and oxygen atoms in total. The summed E-state index contributed by atoms with van der Waals surface area (Å²) in [5, 5.41) is 14.3. The maximum Gasteiger partial charge on any atom is 0.407 e. The Kier molecular flexibility index (Phi) is 6.91. The van der Waals surface area contributed by atoms with Gasteiger partial charge in [0.2, 0.25) is 5.91 Å². The lowest BCUT2D eigenvalue weighted by molar-refractivity contribution is -0.121. The first-order chi connectivity index (χ1) is 16.4. The van der Waals surface area contributed by atoms with E-state index in [9.17, 15) is 14.4 Å². The molecule has 0 aliphatic heterocycles. The molecule has 176 valence electrons. The molecule has 2 aromatic carbocycles. The zero-order valence-corrected chi connectivity index (χ0v) is 18.6. The molecule has 1 unspecified atom stereocenters. The number of aromatic nitrogens is 1. The lowest BCUT2D eigenvalue weighted by Gasteiger charge is -2.17. The molecule has 1 heterocycles. The molecule has 0 saturated carbocycles. The zero-order valence-electron chi connectivity index (χ0n) is 18.6. The number of hydrogen-bond donors (Lipinski definition) is 3. The maximum absolute atomic E-state index is 12.4. The van der Waals surface area contributed by atoms with Crippen molar-refractivity contribution in [1.82, 2.24) is 15.6 Å². The van der Waals surface area contributed by atoms with E-state index in [1.165, 1.54) is 0 Å². The lowest BCUT2D eigenvalue weighted by atomic mass is 9.98. The fraction of sp³-hybridized carbons (Fsp3) is 0.280. The van der Waals surface area contributed by atoms with Crippen LogP contribution in [0.1, 0.15) is 53.1 Å². The molecule has 1 atom stereocenters. The molecule has 1 aromatic heterocycles. The van der Waals surface area contributed by atoms with E-state index in [0.29, 0.717) is 6.42 Å². The van der Waals surface area contributed by atoms with E-state index in [1.807, 2.05) is 24.3 Å². The van der Waals surface area contributed by atoms with Gasteiger partial charge in [-0.2, -0.15) is 0 Å².